The highest BCUT2D eigenvalue weighted by Crippen LogP contribution is 2.33. The molecule has 32 heavy (non-hydrogen) atoms. The van der Waals surface area contributed by atoms with Gasteiger partial charge in [-0.05, 0) is 49.6 Å². The van der Waals surface area contributed by atoms with Gasteiger partial charge in [0.25, 0.3) is 5.69 Å². The van der Waals surface area contributed by atoms with E-state index >= 15 is 0 Å². The number of hydrogen-bond acceptors (Lipinski definition) is 5. The molecule has 11 heteroatoms. The summed E-state index contributed by atoms with van der Waals surface area (Å²) in [6, 6.07) is 8.35. The summed E-state index contributed by atoms with van der Waals surface area (Å²) in [5.74, 6) is -0.901. The molecule has 0 radical (unpaired) electrons. The predicted molar refractivity (Wildman–Crippen MR) is 117 cm³/mol. The van der Waals surface area contributed by atoms with E-state index in [0.29, 0.717) is 18.4 Å². The first-order valence-corrected chi connectivity index (χ1v) is 11.9. The molecule has 2 N–H and O–H groups in total. The van der Waals surface area contributed by atoms with E-state index in [-0.39, 0.29) is 22.8 Å². The molecule has 1 saturated carbocycles. The van der Waals surface area contributed by atoms with Gasteiger partial charge in [0.1, 0.15) is 16.4 Å². The maximum absolute atomic E-state index is 13.3. The maximum Gasteiger partial charge on any atom is 0.289 e. The molecule has 0 heterocycles. The topological polar surface area (TPSA) is 118 Å². The predicted octanol–water partition coefficient (Wildman–Crippen LogP) is 4.25. The monoisotopic (exact) mass is 483 g/mol. The lowest BCUT2D eigenvalue weighted by molar-refractivity contribution is -0.384. The second-order valence-electron chi connectivity index (χ2n) is 7.87. The van der Waals surface area contributed by atoms with Crippen LogP contribution in [0.3, 0.4) is 0 Å². The molecule has 2 aromatic rings. The van der Waals surface area contributed by atoms with Crippen molar-refractivity contribution in [3.05, 3.63) is 69.0 Å². The fourth-order valence-corrected chi connectivity index (χ4v) is 5.45. The molecule has 0 spiro atoms. The van der Waals surface area contributed by atoms with Crippen molar-refractivity contribution in [2.24, 2.45) is 0 Å². The van der Waals surface area contributed by atoms with Gasteiger partial charge in [-0.25, -0.2) is 12.8 Å². The highest BCUT2D eigenvalue weighted by molar-refractivity contribution is 7.89. The number of nitro benzene ring substituents is 1. The highest BCUT2D eigenvalue weighted by Gasteiger charge is 2.43. The average Bonchev–Trinajstić information content (AvgIpc) is 2.74. The number of benzene rings is 2. The summed E-state index contributed by atoms with van der Waals surface area (Å²) in [6.07, 6.45) is 2.70. The summed E-state index contributed by atoms with van der Waals surface area (Å²) >= 11 is 5.79. The number of nitrogens with zero attached hydrogens (tertiary/aromatic N) is 1. The SMILES string of the molecule is C[C@@H](NC(=O)C1(NS(=O)(=O)c2ccc(Cl)c([N+](=O)[O-])c2)CCCCC1)c1ccc(F)cc1. The first-order valence-electron chi connectivity index (χ1n) is 10.1. The molecule has 8 nitrogen and oxygen atoms in total. The van der Waals surface area contributed by atoms with Crippen molar-refractivity contribution in [1.29, 1.82) is 0 Å². The molecule has 1 fully saturated rings. The molecular formula is C21H23ClFN3O5S. The second kappa shape index (κ2) is 9.51. The third kappa shape index (κ3) is 5.25. The highest BCUT2D eigenvalue weighted by atomic mass is 35.5. The summed E-state index contributed by atoms with van der Waals surface area (Å²) in [6.45, 7) is 1.72. The Morgan fingerprint density at radius 1 is 1.16 bits per heavy atom. The van der Waals surface area contributed by atoms with E-state index < -0.39 is 43.9 Å². The number of amides is 1. The summed E-state index contributed by atoms with van der Waals surface area (Å²) in [5, 5.41) is 13.8. The van der Waals surface area contributed by atoms with Crippen LogP contribution in [-0.2, 0) is 14.8 Å². The largest absolute Gasteiger partial charge is 0.348 e. The van der Waals surface area contributed by atoms with Crippen LogP contribution < -0.4 is 10.0 Å². The molecule has 1 amide bonds. The maximum atomic E-state index is 13.3. The van der Waals surface area contributed by atoms with Crippen LogP contribution in [0, 0.1) is 15.9 Å². The lowest BCUT2D eigenvalue weighted by Gasteiger charge is -2.37. The third-order valence-corrected chi connectivity index (χ3v) is 7.47. The van der Waals surface area contributed by atoms with E-state index in [1.165, 1.54) is 12.1 Å². The first-order chi connectivity index (χ1) is 15.0. The Bertz CT molecular complexity index is 1120. The standard InChI is InChI=1S/C21H23ClFN3O5S/c1-14(15-5-7-16(23)8-6-15)24-20(27)21(11-3-2-4-12-21)25-32(30,31)17-9-10-18(22)19(13-17)26(28)29/h5-10,13-14,25H,2-4,11-12H2,1H3,(H,24,27)/t14-/m1/s1. The number of nitrogens with one attached hydrogen (secondary N) is 2. The van der Waals surface area contributed by atoms with Crippen molar-refractivity contribution in [3.8, 4) is 0 Å². The lowest BCUT2D eigenvalue weighted by Crippen LogP contribution is -2.59. The van der Waals surface area contributed by atoms with Crippen LogP contribution in [0.15, 0.2) is 47.4 Å². The van der Waals surface area contributed by atoms with Crippen LogP contribution in [-0.4, -0.2) is 24.8 Å². The summed E-state index contributed by atoms with van der Waals surface area (Å²) in [7, 11) is -4.27. The molecule has 2 aromatic carbocycles. The van der Waals surface area contributed by atoms with E-state index in [9.17, 15) is 27.7 Å². The van der Waals surface area contributed by atoms with Crippen molar-refractivity contribution < 1.29 is 22.5 Å². The van der Waals surface area contributed by atoms with E-state index in [1.807, 2.05) is 0 Å². The Hall–Kier alpha value is -2.56. The van der Waals surface area contributed by atoms with Crippen LogP contribution in [0.5, 0.6) is 0 Å². The average molecular weight is 484 g/mol. The van der Waals surface area contributed by atoms with Gasteiger partial charge in [-0.3, -0.25) is 14.9 Å². The van der Waals surface area contributed by atoms with Gasteiger partial charge in [-0.1, -0.05) is 43.0 Å². The van der Waals surface area contributed by atoms with E-state index in [0.717, 1.165) is 24.6 Å². The molecule has 0 aliphatic heterocycles. The Morgan fingerprint density at radius 2 is 1.78 bits per heavy atom. The van der Waals surface area contributed by atoms with Crippen LogP contribution in [0.25, 0.3) is 0 Å². The molecule has 172 valence electrons. The molecule has 1 aliphatic carbocycles. The molecule has 0 saturated heterocycles. The zero-order valence-electron chi connectivity index (χ0n) is 17.3. The van der Waals surface area contributed by atoms with Gasteiger partial charge in [0.05, 0.1) is 15.9 Å². The Kier molecular flexibility index (Phi) is 7.16. The number of halogens is 2. The first kappa shape index (κ1) is 24.1. The Labute approximate surface area is 190 Å². The molecule has 0 unspecified atom stereocenters. The second-order valence-corrected chi connectivity index (χ2v) is 9.95. The van der Waals surface area contributed by atoms with Crippen molar-refractivity contribution in [3.63, 3.8) is 0 Å². The van der Waals surface area contributed by atoms with E-state index in [2.05, 4.69) is 10.0 Å². The van der Waals surface area contributed by atoms with Gasteiger partial charge < -0.3 is 5.32 Å². The quantitative estimate of drug-likeness (QED) is 0.451. The van der Waals surface area contributed by atoms with Crippen molar-refractivity contribution in [2.75, 3.05) is 0 Å². The smallest absolute Gasteiger partial charge is 0.289 e. The summed E-state index contributed by atoms with van der Waals surface area (Å²) < 4.78 is 41.9. The minimum Gasteiger partial charge on any atom is -0.348 e. The van der Waals surface area contributed by atoms with E-state index in [1.54, 1.807) is 19.1 Å². The van der Waals surface area contributed by atoms with Crippen LogP contribution in [0.1, 0.15) is 50.6 Å². The van der Waals surface area contributed by atoms with Gasteiger partial charge in [-0.2, -0.15) is 4.72 Å². The van der Waals surface area contributed by atoms with Gasteiger partial charge >= 0.3 is 0 Å². The molecular weight excluding hydrogens is 461 g/mol. The fraction of sp³-hybridized carbons (Fsp3) is 0.381. The Balaban J connectivity index is 1.88. The normalized spacial score (nSPS) is 16.8. The number of hydrogen-bond donors (Lipinski definition) is 2. The summed E-state index contributed by atoms with van der Waals surface area (Å²) in [4.78, 5) is 23.3. The molecule has 0 aromatic heterocycles. The Morgan fingerprint density at radius 3 is 2.38 bits per heavy atom. The number of rotatable bonds is 7. The van der Waals surface area contributed by atoms with Crippen LogP contribution >= 0.6 is 11.6 Å². The number of carbonyl (C=O) groups excluding carboxylic acids is 1. The molecule has 1 aliphatic rings. The van der Waals surface area contributed by atoms with Gasteiger partial charge in [0.2, 0.25) is 15.9 Å². The minimum atomic E-state index is -4.27. The lowest BCUT2D eigenvalue weighted by atomic mass is 9.81. The van der Waals surface area contributed by atoms with Gasteiger partial charge in [0.15, 0.2) is 0 Å². The molecule has 0 bridgehead atoms. The number of sulfonamides is 1. The molecule has 3 rings (SSSR count). The van der Waals surface area contributed by atoms with Crippen LogP contribution in [0.2, 0.25) is 5.02 Å². The summed E-state index contributed by atoms with van der Waals surface area (Å²) in [5.41, 5.74) is -1.27. The van der Waals surface area contributed by atoms with E-state index in [4.69, 9.17) is 11.6 Å². The molecule has 1 atom stereocenters. The van der Waals surface area contributed by atoms with Gasteiger partial charge in [-0.15, -0.1) is 0 Å². The van der Waals surface area contributed by atoms with Gasteiger partial charge in [0, 0.05) is 6.07 Å². The van der Waals surface area contributed by atoms with Crippen molar-refractivity contribution in [2.45, 2.75) is 55.5 Å². The number of nitro groups is 1. The fourth-order valence-electron chi connectivity index (χ4n) is 3.82. The van der Waals surface area contributed by atoms with Crippen molar-refractivity contribution in [1.82, 2.24) is 10.0 Å². The third-order valence-electron chi connectivity index (χ3n) is 5.61. The minimum absolute atomic E-state index is 0.188. The van der Waals surface area contributed by atoms with Crippen molar-refractivity contribution >= 4 is 33.2 Å². The number of carbonyl (C=O) groups is 1. The zero-order valence-corrected chi connectivity index (χ0v) is 18.9. The zero-order chi connectivity index (χ0) is 23.5. The van der Waals surface area contributed by atoms with Crippen LogP contribution in [0.4, 0.5) is 10.1 Å².